The van der Waals surface area contributed by atoms with E-state index in [4.69, 9.17) is 11.5 Å². The molecule has 0 saturated heterocycles. The summed E-state index contributed by atoms with van der Waals surface area (Å²) in [5.41, 5.74) is 11.8. The van der Waals surface area contributed by atoms with Crippen molar-refractivity contribution in [3.05, 3.63) is 71.9 Å². The van der Waals surface area contributed by atoms with Crippen LogP contribution in [0.5, 0.6) is 0 Å². The van der Waals surface area contributed by atoms with Gasteiger partial charge < -0.3 is 25.9 Å². The number of hydrogen-bond donors (Lipinski definition) is 3. The van der Waals surface area contributed by atoms with Gasteiger partial charge in [0.25, 0.3) is 5.91 Å². The van der Waals surface area contributed by atoms with Crippen molar-refractivity contribution in [2.45, 2.75) is 0 Å². The molecule has 4 aromatic rings. The molecule has 2 aromatic heterocycles. The van der Waals surface area contributed by atoms with Crippen LogP contribution in [-0.2, 0) is 4.74 Å². The summed E-state index contributed by atoms with van der Waals surface area (Å²) in [6.45, 7) is 0. The zero-order valence-corrected chi connectivity index (χ0v) is 16.6. The number of imidazole rings is 1. The number of nitrogens with zero attached hydrogens (tertiary/aromatic N) is 3. The highest BCUT2D eigenvalue weighted by molar-refractivity contribution is 6.09. The van der Waals surface area contributed by atoms with Crippen molar-refractivity contribution in [3.63, 3.8) is 0 Å². The lowest BCUT2D eigenvalue weighted by Crippen LogP contribution is -2.14. The number of amides is 1. The summed E-state index contributed by atoms with van der Waals surface area (Å²) < 4.78 is 34.5. The molecule has 5 N–H and O–H groups in total. The van der Waals surface area contributed by atoms with Gasteiger partial charge in [-0.25, -0.2) is 18.6 Å². The van der Waals surface area contributed by atoms with E-state index in [1.165, 1.54) is 48.4 Å². The van der Waals surface area contributed by atoms with E-state index in [1.807, 2.05) is 0 Å². The number of ether oxygens (including phenoxy) is 1. The topological polar surface area (TPSA) is 138 Å². The molecule has 2 aromatic carbocycles. The van der Waals surface area contributed by atoms with Gasteiger partial charge in [-0.15, -0.1) is 0 Å². The molecule has 0 aliphatic heterocycles. The fourth-order valence-corrected chi connectivity index (χ4v) is 3.11. The summed E-state index contributed by atoms with van der Waals surface area (Å²) in [6.07, 6.45) is 3.91. The van der Waals surface area contributed by atoms with E-state index < -0.39 is 23.5 Å². The number of anilines is 3. The summed E-state index contributed by atoms with van der Waals surface area (Å²) in [4.78, 5) is 32.4. The van der Waals surface area contributed by atoms with Crippen molar-refractivity contribution < 1.29 is 23.1 Å². The first-order valence-electron chi connectivity index (χ1n) is 9.16. The Morgan fingerprint density at radius 3 is 2.59 bits per heavy atom. The maximum absolute atomic E-state index is 14.3. The van der Waals surface area contributed by atoms with E-state index in [2.05, 4.69) is 20.0 Å². The van der Waals surface area contributed by atoms with Gasteiger partial charge in [0, 0.05) is 6.20 Å². The van der Waals surface area contributed by atoms with Crippen LogP contribution >= 0.6 is 0 Å². The number of rotatable bonds is 4. The molecule has 0 atom stereocenters. The van der Waals surface area contributed by atoms with Crippen LogP contribution in [0.3, 0.4) is 0 Å². The zero-order chi connectivity index (χ0) is 23.0. The van der Waals surface area contributed by atoms with Gasteiger partial charge in [0.1, 0.15) is 12.1 Å². The molecule has 32 heavy (non-hydrogen) atoms. The van der Waals surface area contributed by atoms with Crippen LogP contribution in [0.4, 0.5) is 25.8 Å². The summed E-state index contributed by atoms with van der Waals surface area (Å²) in [5.74, 6) is -2.92. The zero-order valence-electron chi connectivity index (χ0n) is 16.6. The first-order chi connectivity index (χ1) is 15.3. The standard InChI is InChI=1S/C21H16F2N6O3/c1-32-21(31)10-2-5-14(13(25)6-10)28-20(30)19-16-7-26-15(8-29(16)9-27-19)17-11(22)3-4-12(24)18(17)23/h2-9H,24-25H2,1H3,(H,28,30). The molecule has 11 heteroatoms. The average molecular weight is 438 g/mol. The fourth-order valence-electron chi connectivity index (χ4n) is 3.11. The van der Waals surface area contributed by atoms with E-state index in [-0.39, 0.29) is 39.6 Å². The van der Waals surface area contributed by atoms with Gasteiger partial charge in [0.15, 0.2) is 11.5 Å². The van der Waals surface area contributed by atoms with Crippen molar-refractivity contribution in [1.82, 2.24) is 14.4 Å². The molecule has 0 aliphatic carbocycles. The summed E-state index contributed by atoms with van der Waals surface area (Å²) >= 11 is 0. The van der Waals surface area contributed by atoms with E-state index >= 15 is 0 Å². The lowest BCUT2D eigenvalue weighted by molar-refractivity contribution is 0.0600. The smallest absolute Gasteiger partial charge is 0.337 e. The van der Waals surface area contributed by atoms with Gasteiger partial charge in [0.05, 0.1) is 52.7 Å². The number of carbonyl (C=O) groups is 2. The van der Waals surface area contributed by atoms with Crippen molar-refractivity contribution in [3.8, 4) is 11.3 Å². The van der Waals surface area contributed by atoms with Gasteiger partial charge in [-0.05, 0) is 30.3 Å². The second-order valence-corrected chi connectivity index (χ2v) is 6.73. The van der Waals surface area contributed by atoms with Crippen LogP contribution in [-0.4, -0.2) is 33.4 Å². The molecule has 9 nitrogen and oxygen atoms in total. The number of halogens is 2. The van der Waals surface area contributed by atoms with E-state index in [0.717, 1.165) is 12.1 Å². The largest absolute Gasteiger partial charge is 0.465 e. The molecule has 0 spiro atoms. The highest BCUT2D eigenvalue weighted by Gasteiger charge is 2.19. The Bertz CT molecular complexity index is 1390. The van der Waals surface area contributed by atoms with Crippen LogP contribution in [0.25, 0.3) is 16.8 Å². The number of nitrogens with one attached hydrogen (secondary N) is 1. The highest BCUT2D eigenvalue weighted by Crippen LogP contribution is 2.28. The minimum Gasteiger partial charge on any atom is -0.465 e. The molecule has 4 rings (SSSR count). The lowest BCUT2D eigenvalue weighted by atomic mass is 10.1. The Morgan fingerprint density at radius 2 is 1.88 bits per heavy atom. The van der Waals surface area contributed by atoms with E-state index in [0.29, 0.717) is 5.52 Å². The predicted octanol–water partition coefficient (Wildman–Crippen LogP) is 2.88. The molecule has 162 valence electrons. The van der Waals surface area contributed by atoms with Gasteiger partial charge in [0.2, 0.25) is 0 Å². The van der Waals surface area contributed by atoms with Gasteiger partial charge in [-0.1, -0.05) is 0 Å². The normalized spacial score (nSPS) is 10.8. The number of nitrogens with two attached hydrogens (primary N) is 2. The van der Waals surface area contributed by atoms with Crippen LogP contribution in [0, 0.1) is 11.6 Å². The van der Waals surface area contributed by atoms with Gasteiger partial charge in [-0.2, -0.15) is 0 Å². The number of nitrogen functional groups attached to an aromatic ring is 2. The van der Waals surface area contributed by atoms with Crippen LogP contribution in [0.1, 0.15) is 20.8 Å². The number of methoxy groups -OCH3 is 1. The molecule has 1 amide bonds. The van der Waals surface area contributed by atoms with Crippen LogP contribution in [0.15, 0.2) is 49.1 Å². The van der Waals surface area contributed by atoms with Crippen molar-refractivity contribution in [2.75, 3.05) is 23.9 Å². The quantitative estimate of drug-likeness (QED) is 0.329. The Labute approximate surface area is 179 Å². The van der Waals surface area contributed by atoms with Crippen LogP contribution in [0.2, 0.25) is 0 Å². The Hall–Kier alpha value is -4.54. The summed E-state index contributed by atoms with van der Waals surface area (Å²) in [6, 6.07) is 6.44. The maximum atomic E-state index is 14.3. The van der Waals surface area contributed by atoms with Crippen molar-refractivity contribution >= 4 is 34.5 Å². The Balaban J connectivity index is 1.65. The third-order valence-electron chi connectivity index (χ3n) is 4.73. The average Bonchev–Trinajstić information content (AvgIpc) is 3.21. The summed E-state index contributed by atoms with van der Waals surface area (Å²) in [7, 11) is 1.24. The van der Waals surface area contributed by atoms with Crippen molar-refractivity contribution in [2.24, 2.45) is 0 Å². The number of esters is 1. The number of aromatic nitrogens is 3. The van der Waals surface area contributed by atoms with Gasteiger partial charge >= 0.3 is 5.97 Å². The molecule has 0 radical (unpaired) electrons. The molecular weight excluding hydrogens is 422 g/mol. The molecule has 0 fully saturated rings. The van der Waals surface area contributed by atoms with E-state index in [9.17, 15) is 18.4 Å². The van der Waals surface area contributed by atoms with Gasteiger partial charge in [-0.3, -0.25) is 9.78 Å². The molecule has 0 aliphatic rings. The Kier molecular flexibility index (Phi) is 5.15. The first kappa shape index (κ1) is 20.7. The maximum Gasteiger partial charge on any atom is 0.337 e. The minimum atomic E-state index is -0.930. The minimum absolute atomic E-state index is 0.00835. The fraction of sp³-hybridized carbons (Fsp3) is 0.0476. The molecule has 0 saturated carbocycles. The van der Waals surface area contributed by atoms with Crippen LogP contribution < -0.4 is 16.8 Å². The second kappa shape index (κ2) is 7.95. The monoisotopic (exact) mass is 438 g/mol. The third kappa shape index (κ3) is 3.55. The molecule has 0 unspecified atom stereocenters. The number of benzene rings is 2. The third-order valence-corrected chi connectivity index (χ3v) is 4.73. The number of hydrogen-bond acceptors (Lipinski definition) is 7. The van der Waals surface area contributed by atoms with E-state index in [1.54, 1.807) is 0 Å². The van der Waals surface area contributed by atoms with Crippen molar-refractivity contribution in [1.29, 1.82) is 0 Å². The SMILES string of the molecule is COC(=O)c1ccc(NC(=O)c2ncn3cc(-c4c(F)ccc(N)c4F)ncc23)c(N)c1. The number of fused-ring (bicyclic) bond motifs is 1. The lowest BCUT2D eigenvalue weighted by Gasteiger charge is -2.09. The first-order valence-corrected chi connectivity index (χ1v) is 9.16. The highest BCUT2D eigenvalue weighted by atomic mass is 19.1. The summed E-state index contributed by atoms with van der Waals surface area (Å²) in [5, 5.41) is 2.60. The number of carbonyl (C=O) groups excluding carboxylic acids is 2. The molecular formula is C21H16F2N6O3. The molecule has 0 bridgehead atoms. The molecule has 2 heterocycles. The second-order valence-electron chi connectivity index (χ2n) is 6.73. The Morgan fingerprint density at radius 1 is 1.09 bits per heavy atom. The predicted molar refractivity (Wildman–Crippen MR) is 113 cm³/mol.